The van der Waals surface area contributed by atoms with E-state index in [4.69, 9.17) is 0 Å². The molecule has 0 aliphatic carbocycles. The van der Waals surface area contributed by atoms with Gasteiger partial charge in [0.25, 0.3) is 5.91 Å². The molecule has 0 heterocycles. The van der Waals surface area contributed by atoms with E-state index in [0.29, 0.717) is 12.2 Å². The number of aromatic hydroxyl groups is 1. The van der Waals surface area contributed by atoms with E-state index >= 15 is 0 Å². The molecule has 6 nitrogen and oxygen atoms in total. The predicted molar refractivity (Wildman–Crippen MR) is 75.7 cm³/mol. The number of para-hydroxylation sites is 1. The van der Waals surface area contributed by atoms with Crippen LogP contribution in [-0.2, 0) is 4.79 Å². The van der Waals surface area contributed by atoms with Crippen molar-refractivity contribution in [2.75, 3.05) is 6.54 Å². The standard InChI is InChI=1S/C14H17N3O3/c1-3-8-15-13(19)9-10(2)16-17-14(20)11-6-4-5-7-12(11)18/h3-7,16,18H,1-2,8-9H2,(H,15,19)(H,17,20). The average molecular weight is 275 g/mol. The summed E-state index contributed by atoms with van der Waals surface area (Å²) in [5.41, 5.74) is 5.33. The van der Waals surface area contributed by atoms with Crippen LogP contribution in [0, 0.1) is 0 Å². The number of hydrogen-bond donors (Lipinski definition) is 4. The van der Waals surface area contributed by atoms with Crippen LogP contribution in [0.1, 0.15) is 16.8 Å². The number of hydrogen-bond acceptors (Lipinski definition) is 4. The lowest BCUT2D eigenvalue weighted by Gasteiger charge is -2.11. The molecule has 106 valence electrons. The summed E-state index contributed by atoms with van der Waals surface area (Å²) in [6.07, 6.45) is 1.59. The van der Waals surface area contributed by atoms with E-state index in [1.807, 2.05) is 0 Å². The summed E-state index contributed by atoms with van der Waals surface area (Å²) in [7, 11) is 0. The third-order valence-corrected chi connectivity index (χ3v) is 2.32. The summed E-state index contributed by atoms with van der Waals surface area (Å²) in [6.45, 7) is 7.47. The van der Waals surface area contributed by atoms with Gasteiger partial charge in [-0.25, -0.2) is 0 Å². The van der Waals surface area contributed by atoms with Gasteiger partial charge in [0.05, 0.1) is 12.0 Å². The molecule has 1 aromatic carbocycles. The normalized spacial score (nSPS) is 9.40. The summed E-state index contributed by atoms with van der Waals surface area (Å²) in [4.78, 5) is 23.1. The van der Waals surface area contributed by atoms with Crippen LogP contribution in [-0.4, -0.2) is 23.5 Å². The van der Waals surface area contributed by atoms with E-state index in [9.17, 15) is 14.7 Å². The van der Waals surface area contributed by atoms with Gasteiger partial charge in [-0.1, -0.05) is 24.8 Å². The highest BCUT2D eigenvalue weighted by Gasteiger charge is 2.10. The number of phenols is 1. The quantitative estimate of drug-likeness (QED) is 0.438. The van der Waals surface area contributed by atoms with Crippen LogP contribution >= 0.6 is 0 Å². The van der Waals surface area contributed by atoms with Crippen molar-refractivity contribution in [3.05, 3.63) is 54.8 Å². The van der Waals surface area contributed by atoms with Crippen molar-refractivity contribution in [1.29, 1.82) is 0 Å². The Kier molecular flexibility index (Phi) is 5.83. The summed E-state index contributed by atoms with van der Waals surface area (Å²) >= 11 is 0. The fourth-order valence-corrected chi connectivity index (χ4v) is 1.36. The molecule has 0 bridgehead atoms. The molecule has 0 aliphatic rings. The molecular weight excluding hydrogens is 258 g/mol. The molecule has 0 saturated carbocycles. The zero-order valence-corrected chi connectivity index (χ0v) is 11.0. The van der Waals surface area contributed by atoms with Crippen LogP contribution in [0.4, 0.5) is 0 Å². The summed E-state index contributed by atoms with van der Waals surface area (Å²) in [5.74, 6) is -0.879. The van der Waals surface area contributed by atoms with E-state index in [1.165, 1.54) is 12.1 Å². The first-order chi connectivity index (χ1) is 9.54. The summed E-state index contributed by atoms with van der Waals surface area (Å²) < 4.78 is 0. The van der Waals surface area contributed by atoms with Gasteiger partial charge in [0.1, 0.15) is 5.75 Å². The maximum atomic E-state index is 11.7. The molecule has 0 saturated heterocycles. The molecular formula is C14H17N3O3. The molecule has 1 rings (SSSR count). The minimum atomic E-state index is -0.518. The third-order valence-electron chi connectivity index (χ3n) is 2.32. The number of benzene rings is 1. The summed E-state index contributed by atoms with van der Waals surface area (Å²) in [6, 6.07) is 6.13. The van der Waals surface area contributed by atoms with Crippen molar-refractivity contribution < 1.29 is 14.7 Å². The highest BCUT2D eigenvalue weighted by atomic mass is 16.3. The SMILES string of the molecule is C=CCNC(=O)CC(=C)NNC(=O)c1ccccc1O. The van der Waals surface area contributed by atoms with Gasteiger partial charge in [0.2, 0.25) is 5.91 Å². The van der Waals surface area contributed by atoms with Crippen LogP contribution in [0.2, 0.25) is 0 Å². The van der Waals surface area contributed by atoms with E-state index in [-0.39, 0.29) is 23.6 Å². The van der Waals surface area contributed by atoms with Crippen LogP contribution in [0.5, 0.6) is 5.75 Å². The second kappa shape index (κ2) is 7.63. The van der Waals surface area contributed by atoms with E-state index in [0.717, 1.165) is 0 Å². The second-order valence-corrected chi connectivity index (χ2v) is 3.97. The van der Waals surface area contributed by atoms with Gasteiger partial charge in [-0.15, -0.1) is 6.58 Å². The second-order valence-electron chi connectivity index (χ2n) is 3.97. The monoisotopic (exact) mass is 275 g/mol. The highest BCUT2D eigenvalue weighted by molar-refractivity contribution is 5.96. The van der Waals surface area contributed by atoms with Crippen molar-refractivity contribution in [3.8, 4) is 5.75 Å². The first-order valence-corrected chi connectivity index (χ1v) is 5.94. The Labute approximate surface area is 117 Å². The lowest BCUT2D eigenvalue weighted by atomic mass is 10.2. The number of hydrazine groups is 1. The van der Waals surface area contributed by atoms with Crippen LogP contribution in [0.3, 0.4) is 0 Å². The number of amides is 2. The molecule has 20 heavy (non-hydrogen) atoms. The molecule has 6 heteroatoms. The Morgan fingerprint density at radius 2 is 1.95 bits per heavy atom. The third kappa shape index (κ3) is 4.85. The zero-order valence-electron chi connectivity index (χ0n) is 11.0. The fraction of sp³-hybridized carbons (Fsp3) is 0.143. The Balaban J connectivity index is 2.41. The van der Waals surface area contributed by atoms with Gasteiger partial charge in [0, 0.05) is 12.2 Å². The molecule has 0 fully saturated rings. The van der Waals surface area contributed by atoms with Crippen molar-refractivity contribution in [1.82, 2.24) is 16.2 Å². The molecule has 0 unspecified atom stereocenters. The molecule has 0 atom stereocenters. The van der Waals surface area contributed by atoms with Gasteiger partial charge in [-0.05, 0) is 12.1 Å². The van der Waals surface area contributed by atoms with E-state index < -0.39 is 5.91 Å². The highest BCUT2D eigenvalue weighted by Crippen LogP contribution is 2.14. The Bertz CT molecular complexity index is 526. The van der Waals surface area contributed by atoms with Gasteiger partial charge >= 0.3 is 0 Å². The molecule has 0 radical (unpaired) electrons. The maximum Gasteiger partial charge on any atom is 0.273 e. The molecule has 2 amide bonds. The topological polar surface area (TPSA) is 90.5 Å². The van der Waals surface area contributed by atoms with E-state index in [2.05, 4.69) is 29.3 Å². The number of rotatable bonds is 7. The lowest BCUT2D eigenvalue weighted by Crippen LogP contribution is -2.38. The largest absolute Gasteiger partial charge is 0.507 e. The Morgan fingerprint density at radius 1 is 1.25 bits per heavy atom. The minimum absolute atomic E-state index is 0.0227. The first-order valence-electron chi connectivity index (χ1n) is 5.94. The number of nitrogens with one attached hydrogen (secondary N) is 3. The van der Waals surface area contributed by atoms with Crippen LogP contribution < -0.4 is 16.2 Å². The van der Waals surface area contributed by atoms with Gasteiger partial charge < -0.3 is 15.8 Å². The number of carbonyl (C=O) groups excluding carboxylic acids is 2. The minimum Gasteiger partial charge on any atom is -0.507 e. The summed E-state index contributed by atoms with van der Waals surface area (Å²) in [5, 5.41) is 12.1. The smallest absolute Gasteiger partial charge is 0.273 e. The predicted octanol–water partition coefficient (Wildman–Crippen LogP) is 0.833. The van der Waals surface area contributed by atoms with Crippen molar-refractivity contribution >= 4 is 11.8 Å². The molecule has 1 aromatic rings. The average Bonchev–Trinajstić information content (AvgIpc) is 2.43. The Morgan fingerprint density at radius 3 is 2.60 bits per heavy atom. The fourth-order valence-electron chi connectivity index (χ4n) is 1.36. The van der Waals surface area contributed by atoms with Gasteiger partial charge in [0.15, 0.2) is 0 Å². The maximum absolute atomic E-state index is 11.7. The van der Waals surface area contributed by atoms with Gasteiger partial charge in [-0.3, -0.25) is 15.0 Å². The van der Waals surface area contributed by atoms with Crippen LogP contribution in [0.25, 0.3) is 0 Å². The molecule has 0 spiro atoms. The van der Waals surface area contributed by atoms with E-state index in [1.54, 1.807) is 18.2 Å². The lowest BCUT2D eigenvalue weighted by molar-refractivity contribution is -0.120. The number of carbonyl (C=O) groups is 2. The first kappa shape index (κ1) is 15.3. The van der Waals surface area contributed by atoms with Crippen LogP contribution in [0.15, 0.2) is 49.2 Å². The molecule has 0 aromatic heterocycles. The molecule has 0 aliphatic heterocycles. The number of phenolic OH excluding ortho intramolecular Hbond substituents is 1. The van der Waals surface area contributed by atoms with Crippen molar-refractivity contribution in [3.63, 3.8) is 0 Å². The van der Waals surface area contributed by atoms with Gasteiger partial charge in [-0.2, -0.15) is 0 Å². The zero-order chi connectivity index (χ0) is 15.0. The van der Waals surface area contributed by atoms with Crippen molar-refractivity contribution in [2.24, 2.45) is 0 Å². The van der Waals surface area contributed by atoms with Crippen molar-refractivity contribution in [2.45, 2.75) is 6.42 Å². The Hall–Kier alpha value is -2.76. The molecule has 4 N–H and O–H groups in total.